The van der Waals surface area contributed by atoms with E-state index in [0.717, 1.165) is 16.1 Å². The predicted octanol–water partition coefficient (Wildman–Crippen LogP) is 6.26. The van der Waals surface area contributed by atoms with Gasteiger partial charge in [0.25, 0.3) is 0 Å². The average Bonchev–Trinajstić information content (AvgIpc) is 3.11. The Hall–Kier alpha value is -2.10. The molecule has 0 aliphatic carbocycles. The third-order valence-electron chi connectivity index (χ3n) is 3.97. The summed E-state index contributed by atoms with van der Waals surface area (Å²) in [5.74, 6) is 0.0553. The molecule has 2 aromatic carbocycles. The van der Waals surface area contributed by atoms with Gasteiger partial charge >= 0.3 is 0 Å². The second-order valence-electron chi connectivity index (χ2n) is 6.24. The van der Waals surface area contributed by atoms with Crippen LogP contribution in [-0.4, -0.2) is 5.91 Å². The van der Waals surface area contributed by atoms with Crippen molar-refractivity contribution < 1.29 is 4.79 Å². The number of amides is 1. The number of hydrogen-bond donors (Lipinski definition) is 0. The Balaban J connectivity index is 1.91. The number of rotatable bonds is 5. The first kappa shape index (κ1) is 17.7. The quantitative estimate of drug-likeness (QED) is 0.520. The van der Waals surface area contributed by atoms with Crippen molar-refractivity contribution in [2.45, 2.75) is 20.4 Å². The summed E-state index contributed by atoms with van der Waals surface area (Å²) in [6.45, 7) is 4.41. The van der Waals surface area contributed by atoms with Crippen molar-refractivity contribution >= 4 is 34.5 Å². The fraction of sp³-hybridized carbons (Fsp3) is 0.190. The van der Waals surface area contributed by atoms with Crippen molar-refractivity contribution in [2.75, 3.05) is 4.90 Å². The van der Waals surface area contributed by atoms with Gasteiger partial charge in [-0.05, 0) is 29.3 Å². The van der Waals surface area contributed by atoms with E-state index in [9.17, 15) is 4.79 Å². The molecule has 0 saturated heterocycles. The highest BCUT2D eigenvalue weighted by molar-refractivity contribution is 7.14. The molecule has 0 fully saturated rings. The summed E-state index contributed by atoms with van der Waals surface area (Å²) < 4.78 is 0. The van der Waals surface area contributed by atoms with Crippen LogP contribution in [0, 0.1) is 5.92 Å². The molecule has 2 nitrogen and oxygen atoms in total. The molecule has 4 heteroatoms. The van der Waals surface area contributed by atoms with Crippen molar-refractivity contribution in [1.82, 2.24) is 0 Å². The molecule has 0 unspecified atom stereocenters. The molecule has 0 saturated carbocycles. The molecule has 0 aliphatic rings. The summed E-state index contributed by atoms with van der Waals surface area (Å²) in [6, 6.07) is 20.0. The zero-order valence-corrected chi connectivity index (χ0v) is 15.8. The smallest absolute Gasteiger partial charge is 0.229 e. The van der Waals surface area contributed by atoms with Crippen LogP contribution in [0.5, 0.6) is 0 Å². The van der Waals surface area contributed by atoms with Crippen LogP contribution in [0.25, 0.3) is 10.4 Å². The van der Waals surface area contributed by atoms with E-state index in [0.29, 0.717) is 11.6 Å². The van der Waals surface area contributed by atoms with E-state index in [1.54, 1.807) is 11.3 Å². The van der Waals surface area contributed by atoms with Gasteiger partial charge in [-0.2, -0.15) is 0 Å². The third kappa shape index (κ3) is 4.30. The van der Waals surface area contributed by atoms with Crippen molar-refractivity contribution in [3.8, 4) is 10.4 Å². The summed E-state index contributed by atoms with van der Waals surface area (Å²) in [4.78, 5) is 15.8. The topological polar surface area (TPSA) is 20.3 Å². The number of hydrogen-bond acceptors (Lipinski definition) is 2. The molecule has 0 bridgehead atoms. The van der Waals surface area contributed by atoms with Gasteiger partial charge in [-0.15, -0.1) is 11.3 Å². The minimum atomic E-state index is -0.0626. The first-order valence-electron chi connectivity index (χ1n) is 8.24. The zero-order valence-electron chi connectivity index (χ0n) is 14.3. The minimum absolute atomic E-state index is 0.0626. The van der Waals surface area contributed by atoms with E-state index in [4.69, 9.17) is 11.6 Å². The standard InChI is InChI=1S/C21H20ClNOS/c1-15(2)21(24)23(13-16-8-10-18(22)11-9-16)19-12-20(25-14-19)17-6-4-3-5-7-17/h3-12,14-15H,13H2,1-2H3. The first-order valence-corrected chi connectivity index (χ1v) is 9.50. The fourth-order valence-electron chi connectivity index (χ4n) is 2.60. The molecule has 0 radical (unpaired) electrons. The summed E-state index contributed by atoms with van der Waals surface area (Å²) in [5.41, 5.74) is 3.17. The predicted molar refractivity (Wildman–Crippen MR) is 107 cm³/mol. The van der Waals surface area contributed by atoms with E-state index in [2.05, 4.69) is 23.6 Å². The highest BCUT2D eigenvalue weighted by Crippen LogP contribution is 2.33. The maximum atomic E-state index is 12.8. The zero-order chi connectivity index (χ0) is 17.8. The number of carbonyl (C=O) groups excluding carboxylic acids is 1. The largest absolute Gasteiger partial charge is 0.307 e. The van der Waals surface area contributed by atoms with E-state index in [1.807, 2.05) is 61.2 Å². The van der Waals surface area contributed by atoms with E-state index in [-0.39, 0.29) is 11.8 Å². The number of halogens is 1. The first-order chi connectivity index (χ1) is 12.0. The molecular weight excluding hydrogens is 350 g/mol. The molecule has 128 valence electrons. The Kier molecular flexibility index (Phi) is 5.57. The Morgan fingerprint density at radius 3 is 2.40 bits per heavy atom. The molecule has 3 aromatic rings. The number of carbonyl (C=O) groups is 1. The van der Waals surface area contributed by atoms with Gasteiger partial charge < -0.3 is 4.90 Å². The van der Waals surface area contributed by atoms with Crippen LogP contribution in [0.4, 0.5) is 5.69 Å². The lowest BCUT2D eigenvalue weighted by Crippen LogP contribution is -2.33. The van der Waals surface area contributed by atoms with E-state index in [1.165, 1.54) is 5.56 Å². The van der Waals surface area contributed by atoms with Gasteiger partial charge in [-0.25, -0.2) is 0 Å². The van der Waals surface area contributed by atoms with Crippen molar-refractivity contribution in [2.24, 2.45) is 5.92 Å². The Morgan fingerprint density at radius 1 is 1.08 bits per heavy atom. The van der Waals surface area contributed by atoms with Gasteiger partial charge in [-0.3, -0.25) is 4.79 Å². The molecule has 25 heavy (non-hydrogen) atoms. The molecular formula is C21H20ClNOS. The van der Waals surface area contributed by atoms with E-state index >= 15 is 0 Å². The van der Waals surface area contributed by atoms with Gasteiger partial charge in [0, 0.05) is 21.2 Å². The normalized spacial score (nSPS) is 10.9. The number of anilines is 1. The lowest BCUT2D eigenvalue weighted by atomic mass is 10.1. The highest BCUT2D eigenvalue weighted by Gasteiger charge is 2.20. The molecule has 0 N–H and O–H groups in total. The van der Waals surface area contributed by atoms with Crippen LogP contribution in [0.1, 0.15) is 19.4 Å². The molecule has 1 amide bonds. The maximum absolute atomic E-state index is 12.8. The lowest BCUT2D eigenvalue weighted by molar-refractivity contribution is -0.121. The van der Waals surface area contributed by atoms with Crippen LogP contribution < -0.4 is 4.90 Å². The SMILES string of the molecule is CC(C)C(=O)N(Cc1ccc(Cl)cc1)c1csc(-c2ccccc2)c1. The Labute approximate surface area is 157 Å². The van der Waals surface area contributed by atoms with Crippen LogP contribution in [-0.2, 0) is 11.3 Å². The molecule has 0 atom stereocenters. The molecule has 3 rings (SSSR count). The monoisotopic (exact) mass is 369 g/mol. The summed E-state index contributed by atoms with van der Waals surface area (Å²) in [7, 11) is 0. The highest BCUT2D eigenvalue weighted by atomic mass is 35.5. The Bertz CT molecular complexity index is 840. The van der Waals surface area contributed by atoms with Crippen molar-refractivity contribution in [3.05, 3.63) is 76.6 Å². The van der Waals surface area contributed by atoms with Crippen LogP contribution in [0.15, 0.2) is 66.0 Å². The van der Waals surface area contributed by atoms with Gasteiger partial charge in [0.2, 0.25) is 5.91 Å². The Morgan fingerprint density at radius 2 is 1.76 bits per heavy atom. The molecule has 1 aromatic heterocycles. The van der Waals surface area contributed by atoms with E-state index < -0.39 is 0 Å². The van der Waals surface area contributed by atoms with Gasteiger partial charge in [0.15, 0.2) is 0 Å². The number of benzene rings is 2. The second-order valence-corrected chi connectivity index (χ2v) is 7.59. The number of thiophene rings is 1. The maximum Gasteiger partial charge on any atom is 0.229 e. The van der Waals surface area contributed by atoms with Crippen LogP contribution >= 0.6 is 22.9 Å². The van der Waals surface area contributed by atoms with Gasteiger partial charge in [-0.1, -0.05) is 67.9 Å². The van der Waals surface area contributed by atoms with Crippen molar-refractivity contribution in [3.63, 3.8) is 0 Å². The summed E-state index contributed by atoms with van der Waals surface area (Å²) in [6.07, 6.45) is 0. The molecule has 0 spiro atoms. The summed E-state index contributed by atoms with van der Waals surface area (Å²) >= 11 is 7.63. The van der Waals surface area contributed by atoms with Gasteiger partial charge in [0.05, 0.1) is 12.2 Å². The average molecular weight is 370 g/mol. The fourth-order valence-corrected chi connectivity index (χ4v) is 3.63. The molecule has 0 aliphatic heterocycles. The number of nitrogens with zero attached hydrogens (tertiary/aromatic N) is 1. The van der Waals surface area contributed by atoms with Crippen molar-refractivity contribution in [1.29, 1.82) is 0 Å². The molecule has 1 heterocycles. The third-order valence-corrected chi connectivity index (χ3v) is 5.19. The summed E-state index contributed by atoms with van der Waals surface area (Å²) in [5, 5.41) is 2.76. The lowest BCUT2D eigenvalue weighted by Gasteiger charge is -2.23. The van der Waals surface area contributed by atoms with Crippen LogP contribution in [0.3, 0.4) is 0 Å². The second kappa shape index (κ2) is 7.85. The minimum Gasteiger partial charge on any atom is -0.307 e. The van der Waals surface area contributed by atoms with Gasteiger partial charge in [0.1, 0.15) is 0 Å². The van der Waals surface area contributed by atoms with Crippen LogP contribution in [0.2, 0.25) is 5.02 Å².